The number of carbonyl (C=O) groups is 2. The van der Waals surface area contributed by atoms with Gasteiger partial charge >= 0.3 is 11.9 Å². The number of carboxylic acid groups (broad SMARTS) is 2. The highest BCUT2D eigenvalue weighted by Gasteiger charge is 2.29. The summed E-state index contributed by atoms with van der Waals surface area (Å²) in [6, 6.07) is 0. The van der Waals surface area contributed by atoms with E-state index in [2.05, 4.69) is 6.58 Å². The van der Waals surface area contributed by atoms with E-state index < -0.39 is 17.9 Å². The molecule has 1 rings (SSSR count). The molecule has 0 saturated carbocycles. The number of hydrogen-bond acceptors (Lipinski definition) is 2. The molecule has 0 aliphatic heterocycles. The second-order valence-electron chi connectivity index (χ2n) is 5.17. The van der Waals surface area contributed by atoms with Crippen molar-refractivity contribution in [2.45, 2.75) is 27.2 Å². The molecule has 1 aliphatic rings. The molecule has 0 aromatic heterocycles. The zero-order chi connectivity index (χ0) is 17.6. The van der Waals surface area contributed by atoms with Crippen LogP contribution < -0.4 is 0 Å². The van der Waals surface area contributed by atoms with Crippen molar-refractivity contribution in [3.05, 3.63) is 70.9 Å². The van der Waals surface area contributed by atoms with E-state index in [0.717, 1.165) is 17.6 Å². The van der Waals surface area contributed by atoms with E-state index in [1.54, 1.807) is 25.2 Å². The molecule has 0 heterocycles. The van der Waals surface area contributed by atoms with Gasteiger partial charge in [0, 0.05) is 0 Å². The molecular weight excluding hydrogens is 292 g/mol. The van der Waals surface area contributed by atoms with Crippen molar-refractivity contribution < 1.29 is 19.8 Å². The van der Waals surface area contributed by atoms with Crippen LogP contribution in [0.5, 0.6) is 0 Å². The summed E-state index contributed by atoms with van der Waals surface area (Å²) < 4.78 is 0. The average Bonchev–Trinajstić information content (AvgIpc) is 2.47. The summed E-state index contributed by atoms with van der Waals surface area (Å²) in [6.45, 7) is 9.20. The first kappa shape index (κ1) is 18.4. The van der Waals surface area contributed by atoms with Crippen molar-refractivity contribution in [2.24, 2.45) is 5.92 Å². The Hall–Kier alpha value is -2.62. The van der Waals surface area contributed by atoms with E-state index in [1.807, 2.05) is 26.0 Å². The Bertz CT molecular complexity index is 669. The van der Waals surface area contributed by atoms with E-state index in [0.29, 0.717) is 11.1 Å². The van der Waals surface area contributed by atoms with Crippen molar-refractivity contribution in [2.75, 3.05) is 0 Å². The van der Waals surface area contributed by atoms with Gasteiger partial charge in [0.2, 0.25) is 0 Å². The van der Waals surface area contributed by atoms with Crippen molar-refractivity contribution in [3.8, 4) is 0 Å². The fraction of sp³-hybridized carbons (Fsp3) is 0.263. The molecule has 4 nitrogen and oxygen atoms in total. The number of carboxylic acids is 2. The maximum absolute atomic E-state index is 11.6. The van der Waals surface area contributed by atoms with E-state index in [9.17, 15) is 14.7 Å². The third-order valence-electron chi connectivity index (χ3n) is 3.72. The fourth-order valence-corrected chi connectivity index (χ4v) is 2.57. The third kappa shape index (κ3) is 4.19. The van der Waals surface area contributed by atoms with Gasteiger partial charge in [-0.25, -0.2) is 4.79 Å². The van der Waals surface area contributed by atoms with E-state index in [4.69, 9.17) is 5.11 Å². The van der Waals surface area contributed by atoms with E-state index in [1.165, 1.54) is 6.08 Å². The largest absolute Gasteiger partial charge is 0.481 e. The summed E-state index contributed by atoms with van der Waals surface area (Å²) in [4.78, 5) is 22.8. The lowest BCUT2D eigenvalue weighted by molar-refractivity contribution is -0.139. The van der Waals surface area contributed by atoms with Crippen LogP contribution in [0.4, 0.5) is 0 Å². The zero-order valence-corrected chi connectivity index (χ0v) is 13.7. The van der Waals surface area contributed by atoms with Crippen LogP contribution in [0, 0.1) is 5.92 Å². The molecular formula is C19H22O4. The number of rotatable bonds is 6. The lowest BCUT2D eigenvalue weighted by atomic mass is 9.82. The van der Waals surface area contributed by atoms with Crippen molar-refractivity contribution in [1.29, 1.82) is 0 Å². The molecule has 23 heavy (non-hydrogen) atoms. The maximum atomic E-state index is 11.6. The Labute approximate surface area is 136 Å². The van der Waals surface area contributed by atoms with Gasteiger partial charge in [0.05, 0.1) is 5.57 Å². The molecule has 0 bridgehead atoms. The Balaban J connectivity index is 3.44. The second kappa shape index (κ2) is 8.13. The van der Waals surface area contributed by atoms with Gasteiger partial charge in [-0.3, -0.25) is 4.79 Å². The second-order valence-corrected chi connectivity index (χ2v) is 5.17. The lowest BCUT2D eigenvalue weighted by Gasteiger charge is -2.21. The normalized spacial score (nSPS) is 20.8. The number of hydrogen-bond donors (Lipinski definition) is 2. The van der Waals surface area contributed by atoms with Crippen LogP contribution in [-0.4, -0.2) is 22.2 Å². The number of allylic oxidation sites excluding steroid dienone is 7. The third-order valence-corrected chi connectivity index (χ3v) is 3.72. The molecule has 1 aliphatic carbocycles. The van der Waals surface area contributed by atoms with Gasteiger partial charge in [0.15, 0.2) is 0 Å². The molecule has 0 aromatic rings. The predicted octanol–water partition coefficient (Wildman–Crippen LogP) is 4.05. The molecule has 0 aromatic carbocycles. The summed E-state index contributed by atoms with van der Waals surface area (Å²) in [5.41, 5.74) is 2.70. The van der Waals surface area contributed by atoms with E-state index >= 15 is 0 Å². The molecule has 2 N–H and O–H groups in total. The van der Waals surface area contributed by atoms with Gasteiger partial charge in [-0.05, 0) is 48.6 Å². The highest BCUT2D eigenvalue weighted by atomic mass is 16.4. The maximum Gasteiger partial charge on any atom is 0.335 e. The quantitative estimate of drug-likeness (QED) is 0.725. The molecule has 4 heteroatoms. The van der Waals surface area contributed by atoms with Crippen LogP contribution in [0.25, 0.3) is 0 Å². The minimum Gasteiger partial charge on any atom is -0.481 e. The van der Waals surface area contributed by atoms with Gasteiger partial charge in [0.1, 0.15) is 5.92 Å². The SMILES string of the molecule is C=CC(=CC)C(=CCC)C=C1C=CC(C(=O)O)=C(C)C1C(=O)O. The first-order chi connectivity index (χ1) is 10.9. The van der Waals surface area contributed by atoms with Crippen molar-refractivity contribution >= 4 is 11.9 Å². The molecule has 1 atom stereocenters. The Morgan fingerprint density at radius 3 is 2.35 bits per heavy atom. The van der Waals surface area contributed by atoms with Crippen LogP contribution in [0.2, 0.25) is 0 Å². The minimum absolute atomic E-state index is 0.0329. The topological polar surface area (TPSA) is 74.6 Å². The number of aliphatic carboxylic acids is 2. The smallest absolute Gasteiger partial charge is 0.335 e. The molecule has 122 valence electrons. The summed E-state index contributed by atoms with van der Waals surface area (Å²) in [7, 11) is 0. The monoisotopic (exact) mass is 314 g/mol. The van der Waals surface area contributed by atoms with Gasteiger partial charge in [-0.15, -0.1) is 0 Å². The molecule has 0 radical (unpaired) electrons. The van der Waals surface area contributed by atoms with Gasteiger partial charge < -0.3 is 10.2 Å². The fourth-order valence-electron chi connectivity index (χ4n) is 2.57. The van der Waals surface area contributed by atoms with Crippen molar-refractivity contribution in [3.63, 3.8) is 0 Å². The van der Waals surface area contributed by atoms with Gasteiger partial charge in [-0.1, -0.05) is 43.9 Å². The van der Waals surface area contributed by atoms with Crippen molar-refractivity contribution in [1.82, 2.24) is 0 Å². The highest BCUT2D eigenvalue weighted by Crippen LogP contribution is 2.32. The summed E-state index contributed by atoms with van der Waals surface area (Å²) in [6.07, 6.45) is 11.2. The van der Waals surface area contributed by atoms with E-state index in [-0.39, 0.29) is 5.57 Å². The van der Waals surface area contributed by atoms with Crippen LogP contribution in [0.1, 0.15) is 27.2 Å². The highest BCUT2D eigenvalue weighted by molar-refractivity contribution is 5.94. The molecule has 0 saturated heterocycles. The molecule has 0 amide bonds. The first-order valence-corrected chi connectivity index (χ1v) is 7.43. The molecule has 1 unspecified atom stereocenters. The lowest BCUT2D eigenvalue weighted by Crippen LogP contribution is -2.22. The Kier molecular flexibility index (Phi) is 6.51. The van der Waals surface area contributed by atoms with Gasteiger partial charge in [-0.2, -0.15) is 0 Å². The molecule has 0 fully saturated rings. The summed E-state index contributed by atoms with van der Waals surface area (Å²) in [5, 5.41) is 18.7. The Morgan fingerprint density at radius 2 is 1.91 bits per heavy atom. The summed E-state index contributed by atoms with van der Waals surface area (Å²) in [5.74, 6) is -3.14. The minimum atomic E-state index is -1.12. The zero-order valence-electron chi connectivity index (χ0n) is 13.7. The molecule has 0 spiro atoms. The Morgan fingerprint density at radius 1 is 1.26 bits per heavy atom. The predicted molar refractivity (Wildman–Crippen MR) is 91.0 cm³/mol. The van der Waals surface area contributed by atoms with Crippen LogP contribution in [0.3, 0.4) is 0 Å². The van der Waals surface area contributed by atoms with Crippen LogP contribution in [-0.2, 0) is 9.59 Å². The summed E-state index contributed by atoms with van der Waals surface area (Å²) >= 11 is 0. The first-order valence-electron chi connectivity index (χ1n) is 7.43. The standard InChI is InChI=1S/C19H22O4/c1-5-8-14(13(6-2)7-3)11-15-9-10-16(18(20)21)12(4)17(15)19(22)23/h6-11,17H,2,5H2,1,3-4H3,(H,20,21)(H,22,23). The van der Waals surface area contributed by atoms with Gasteiger partial charge in [0.25, 0.3) is 0 Å². The van der Waals surface area contributed by atoms with Crippen LogP contribution in [0.15, 0.2) is 70.9 Å². The van der Waals surface area contributed by atoms with Crippen LogP contribution >= 0.6 is 0 Å². The average molecular weight is 314 g/mol.